The van der Waals surface area contributed by atoms with Gasteiger partial charge in [-0.05, 0) is 42.0 Å². The fraction of sp³-hybridized carbons (Fsp3) is 0.182. The number of terminal acetylenes is 1. The van der Waals surface area contributed by atoms with E-state index in [0.29, 0.717) is 22.1 Å². The summed E-state index contributed by atoms with van der Waals surface area (Å²) < 4.78 is 23.2. The number of rotatable bonds is 8. The number of nitrogens with one attached hydrogen (secondary N) is 1. The van der Waals surface area contributed by atoms with Crippen molar-refractivity contribution in [1.82, 2.24) is 5.06 Å². The van der Waals surface area contributed by atoms with Crippen molar-refractivity contribution in [3.63, 3.8) is 0 Å². The number of benzene rings is 2. The number of hydroxylamine groups is 2. The van der Waals surface area contributed by atoms with Gasteiger partial charge in [0.2, 0.25) is 0 Å². The van der Waals surface area contributed by atoms with Crippen LogP contribution >= 0.6 is 7.52 Å². The van der Waals surface area contributed by atoms with E-state index in [1.165, 1.54) is 31.2 Å². The summed E-state index contributed by atoms with van der Waals surface area (Å²) in [5, 5.41) is 3.08. The Morgan fingerprint density at radius 1 is 1.06 bits per heavy atom. The average molecular weight is 470 g/mol. The van der Waals surface area contributed by atoms with E-state index in [2.05, 4.69) is 10.7 Å². The molecule has 2 aromatic carbocycles. The molecule has 0 aromatic heterocycles. The minimum absolute atomic E-state index is 0.00726. The van der Waals surface area contributed by atoms with Gasteiger partial charge in [0.15, 0.2) is 0 Å². The highest BCUT2D eigenvalue weighted by Gasteiger charge is 2.33. The predicted octanol–water partition coefficient (Wildman–Crippen LogP) is 3.25. The Morgan fingerprint density at radius 3 is 2.21 bits per heavy atom. The van der Waals surface area contributed by atoms with Crippen LogP contribution in [0.1, 0.15) is 35.7 Å². The van der Waals surface area contributed by atoms with Crippen LogP contribution in [0.5, 0.6) is 5.75 Å². The number of nitrogens with zero attached hydrogens (tertiary/aromatic N) is 1. The first-order valence-corrected chi connectivity index (χ1v) is 11.3. The Labute approximate surface area is 189 Å². The van der Waals surface area contributed by atoms with Crippen LogP contribution in [0.3, 0.4) is 0 Å². The molecule has 33 heavy (non-hydrogen) atoms. The molecule has 1 N–H and O–H groups in total. The molecule has 1 aliphatic heterocycles. The molecule has 0 saturated carbocycles. The van der Waals surface area contributed by atoms with Gasteiger partial charge in [0.1, 0.15) is 5.75 Å². The highest BCUT2D eigenvalue weighted by molar-refractivity contribution is 7.65. The van der Waals surface area contributed by atoms with Gasteiger partial charge < -0.3 is 14.7 Å². The Kier molecular flexibility index (Phi) is 7.28. The minimum atomic E-state index is -3.72. The standard InChI is InChI=1S/C22H19N2O8P/c1-3-33(29,30-14-16-4-10-19(11-5-16)31-15(2)25)23-18-8-6-17(7-9-18)22(28)32-24-20(26)12-13-21(24)27/h1,4-11H,12-14H2,2H3,(H,23,29). The second kappa shape index (κ2) is 10.1. The van der Waals surface area contributed by atoms with E-state index >= 15 is 0 Å². The van der Waals surface area contributed by atoms with Crippen molar-refractivity contribution in [1.29, 1.82) is 0 Å². The highest BCUT2D eigenvalue weighted by atomic mass is 31.2. The minimum Gasteiger partial charge on any atom is -0.427 e. The van der Waals surface area contributed by atoms with Crippen molar-refractivity contribution in [3.8, 4) is 17.8 Å². The number of esters is 1. The normalized spacial score (nSPS) is 14.8. The number of hydrogen-bond acceptors (Lipinski definition) is 8. The first kappa shape index (κ1) is 23.7. The number of carbonyl (C=O) groups excluding carboxylic acids is 4. The first-order chi connectivity index (χ1) is 15.7. The summed E-state index contributed by atoms with van der Waals surface area (Å²) in [6.45, 7) is 1.22. The predicted molar refractivity (Wildman–Crippen MR) is 116 cm³/mol. The second-order valence-electron chi connectivity index (χ2n) is 6.84. The molecule has 0 spiro atoms. The Balaban J connectivity index is 1.59. The molecule has 0 bridgehead atoms. The zero-order valence-corrected chi connectivity index (χ0v) is 18.4. The maximum atomic E-state index is 12.8. The summed E-state index contributed by atoms with van der Waals surface area (Å²) in [7, 11) is -3.72. The zero-order chi connectivity index (χ0) is 24.0. The van der Waals surface area contributed by atoms with E-state index < -0.39 is 31.3 Å². The number of carbonyl (C=O) groups is 4. The first-order valence-electron chi connectivity index (χ1n) is 9.65. The molecular weight excluding hydrogens is 451 g/mol. The maximum Gasteiger partial charge on any atom is 0.367 e. The monoisotopic (exact) mass is 470 g/mol. The largest absolute Gasteiger partial charge is 0.427 e. The van der Waals surface area contributed by atoms with Gasteiger partial charge in [-0.25, -0.2) is 4.79 Å². The molecule has 1 atom stereocenters. The third-order valence-electron chi connectivity index (χ3n) is 4.34. The molecule has 1 heterocycles. The molecule has 1 saturated heterocycles. The van der Waals surface area contributed by atoms with Crippen LogP contribution in [0.2, 0.25) is 0 Å². The lowest BCUT2D eigenvalue weighted by Gasteiger charge is -2.16. The Bertz CT molecular complexity index is 1150. The van der Waals surface area contributed by atoms with Crippen molar-refractivity contribution in [2.75, 3.05) is 5.09 Å². The van der Waals surface area contributed by atoms with Crippen LogP contribution in [0.15, 0.2) is 48.5 Å². The summed E-state index contributed by atoms with van der Waals surface area (Å²) in [5.41, 5.74) is 3.13. The molecule has 170 valence electrons. The number of hydrogen-bond donors (Lipinski definition) is 1. The van der Waals surface area contributed by atoms with Crippen LogP contribution in [-0.2, 0) is 34.9 Å². The fourth-order valence-electron chi connectivity index (χ4n) is 2.73. The summed E-state index contributed by atoms with van der Waals surface area (Å²) >= 11 is 0. The zero-order valence-electron chi connectivity index (χ0n) is 17.5. The van der Waals surface area contributed by atoms with Crippen molar-refractivity contribution in [3.05, 3.63) is 59.7 Å². The molecule has 1 fully saturated rings. The van der Waals surface area contributed by atoms with Crippen LogP contribution in [-0.4, -0.2) is 28.8 Å². The van der Waals surface area contributed by atoms with Crippen molar-refractivity contribution >= 4 is 37.0 Å². The van der Waals surface area contributed by atoms with Gasteiger partial charge in [0.25, 0.3) is 11.8 Å². The fourth-order valence-corrected chi connectivity index (χ4v) is 3.75. The van der Waals surface area contributed by atoms with E-state index in [9.17, 15) is 23.7 Å². The quantitative estimate of drug-likeness (QED) is 0.203. The molecule has 0 aliphatic carbocycles. The number of imide groups is 1. The Morgan fingerprint density at radius 2 is 1.67 bits per heavy atom. The van der Waals surface area contributed by atoms with Crippen molar-refractivity contribution in [2.45, 2.75) is 26.4 Å². The third kappa shape index (κ3) is 6.29. The van der Waals surface area contributed by atoms with Gasteiger partial charge in [0, 0.05) is 31.1 Å². The van der Waals surface area contributed by atoms with Crippen LogP contribution < -0.4 is 9.82 Å². The van der Waals surface area contributed by atoms with E-state index in [4.69, 9.17) is 20.5 Å². The summed E-state index contributed by atoms with van der Waals surface area (Å²) in [6.07, 6.45) is 5.38. The average Bonchev–Trinajstić information content (AvgIpc) is 3.11. The summed E-state index contributed by atoms with van der Waals surface area (Å²) in [6, 6.07) is 11.9. The van der Waals surface area contributed by atoms with E-state index in [-0.39, 0.29) is 25.0 Å². The van der Waals surface area contributed by atoms with Gasteiger partial charge in [-0.1, -0.05) is 12.1 Å². The van der Waals surface area contributed by atoms with Gasteiger partial charge >= 0.3 is 19.5 Å². The lowest BCUT2D eigenvalue weighted by atomic mass is 10.2. The summed E-state index contributed by atoms with van der Waals surface area (Å²) in [5.74, 6) is -2.14. The Hall–Kier alpha value is -3.93. The molecule has 2 amide bonds. The summed E-state index contributed by atoms with van der Waals surface area (Å²) in [4.78, 5) is 51.1. The molecule has 1 unspecified atom stereocenters. The smallest absolute Gasteiger partial charge is 0.367 e. The molecule has 0 radical (unpaired) electrons. The van der Waals surface area contributed by atoms with Crippen molar-refractivity contribution in [2.24, 2.45) is 0 Å². The van der Waals surface area contributed by atoms with E-state index in [0.717, 1.165) is 0 Å². The topological polar surface area (TPSA) is 128 Å². The molecule has 10 nitrogen and oxygen atoms in total. The second-order valence-corrected chi connectivity index (χ2v) is 8.68. The molecular formula is C22H19N2O8P. The highest BCUT2D eigenvalue weighted by Crippen LogP contribution is 2.46. The van der Waals surface area contributed by atoms with Crippen LogP contribution in [0.4, 0.5) is 5.69 Å². The van der Waals surface area contributed by atoms with Gasteiger partial charge in [-0.2, -0.15) is 0 Å². The van der Waals surface area contributed by atoms with Crippen LogP contribution in [0, 0.1) is 12.1 Å². The van der Waals surface area contributed by atoms with Crippen LogP contribution in [0.25, 0.3) is 0 Å². The number of amides is 2. The van der Waals surface area contributed by atoms with Crippen molar-refractivity contribution < 1.29 is 37.8 Å². The van der Waals surface area contributed by atoms with Gasteiger partial charge in [-0.3, -0.25) is 23.5 Å². The van der Waals surface area contributed by atoms with E-state index in [1.807, 2.05) is 0 Å². The SMILES string of the molecule is C#CP(=O)(Nc1ccc(C(=O)ON2C(=O)CCC2=O)cc1)OCc1ccc(OC(C)=O)cc1. The molecule has 1 aliphatic rings. The maximum absolute atomic E-state index is 12.8. The molecule has 11 heteroatoms. The lowest BCUT2D eigenvalue weighted by molar-refractivity contribution is -0.172. The molecule has 3 rings (SSSR count). The van der Waals surface area contributed by atoms with E-state index in [1.54, 1.807) is 24.3 Å². The molecule has 2 aromatic rings. The lowest BCUT2D eigenvalue weighted by Crippen LogP contribution is -2.32. The number of anilines is 1. The van der Waals surface area contributed by atoms with Gasteiger partial charge in [-0.15, -0.1) is 11.5 Å². The van der Waals surface area contributed by atoms with Gasteiger partial charge in [0.05, 0.1) is 12.2 Å². The third-order valence-corrected chi connectivity index (χ3v) is 5.73. The number of ether oxygens (including phenoxy) is 1.